The van der Waals surface area contributed by atoms with Crippen LogP contribution in [-0.2, 0) is 33.5 Å². The fraction of sp³-hybridized carbons (Fsp3) is 0.187. The number of rotatable bonds is 22. The molecule has 2 aromatic heterocycles. The van der Waals surface area contributed by atoms with E-state index in [1.807, 2.05) is 121 Å². The molecule has 0 amide bonds. The number of anilines is 4. The quantitative estimate of drug-likeness (QED) is 0.0375. The second kappa shape index (κ2) is 34.1. The molecule has 536 valence electrons. The number of hydrogen-bond acceptors (Lipinski definition) is 12. The summed E-state index contributed by atoms with van der Waals surface area (Å²) >= 11 is 3.61. The van der Waals surface area contributed by atoms with Crippen LogP contribution >= 0.6 is 15.9 Å². The van der Waals surface area contributed by atoms with Crippen molar-refractivity contribution in [1.29, 1.82) is 0 Å². The van der Waals surface area contributed by atoms with Gasteiger partial charge in [0.2, 0.25) is 11.6 Å². The standard InChI is InChI=1S/C43H40N6.C26H19BrN4.C22H31BN2O2/c1-32(2)30-48(31-33-17-7-3-8-18-33)41-28-27-34(29-40(41)44)38-25-15-16-26-39(38)42-45-47-49(46-42)43(35-19-9-4-10-20-35,36-21-11-5-12-22-36)37-23-13-6-14-24-37;27-24-19-11-10-18-23(24)25-28-30-31(29-25)26(20-12-4-1-5-13-20,21-14-6-2-7-15-21)22-16-8-3-9-17-22;1-17(2)13-25(14-18-8-6-5-7-9-18)21-11-10-19(12-20(21)24)23-26-15-22(3,4)16-27-23/h3-29,32H,30-31,44H2,1-2H3;1-19H;5-12,17H,13-16,24H2,1-4H3. The number of tetrazole rings is 2. The maximum atomic E-state index is 6.84. The molecular weight excluding hydrogens is 1380 g/mol. The summed E-state index contributed by atoms with van der Waals surface area (Å²) in [5.41, 5.74) is 28.9. The topological polar surface area (TPSA) is 164 Å². The number of nitrogen functional groups attached to an aromatic ring is 2. The van der Waals surface area contributed by atoms with Gasteiger partial charge in [-0.15, -0.1) is 30.0 Å². The third kappa shape index (κ3) is 16.9. The van der Waals surface area contributed by atoms with Gasteiger partial charge in [0.05, 0.1) is 22.7 Å². The smallest absolute Gasteiger partial charge is 0.407 e. The van der Waals surface area contributed by atoms with Crippen molar-refractivity contribution in [2.45, 2.75) is 65.7 Å². The molecule has 1 saturated heterocycles. The van der Waals surface area contributed by atoms with Crippen molar-refractivity contribution in [1.82, 2.24) is 40.4 Å². The van der Waals surface area contributed by atoms with E-state index in [1.54, 1.807) is 9.59 Å². The van der Waals surface area contributed by atoms with Gasteiger partial charge < -0.3 is 30.6 Å². The highest BCUT2D eigenvalue weighted by Gasteiger charge is 2.43. The van der Waals surface area contributed by atoms with Crippen LogP contribution in [0.1, 0.15) is 86.1 Å². The number of hydrogen-bond donors (Lipinski definition) is 2. The Kier molecular flexibility index (Phi) is 23.5. The van der Waals surface area contributed by atoms with Crippen molar-refractivity contribution >= 4 is 51.3 Å². The van der Waals surface area contributed by atoms with Crippen molar-refractivity contribution in [2.75, 3.05) is 47.6 Å². The van der Waals surface area contributed by atoms with Crippen LogP contribution < -0.4 is 26.7 Å². The maximum Gasteiger partial charge on any atom is 0.493 e. The lowest BCUT2D eigenvalue weighted by Crippen LogP contribution is -2.47. The Bertz CT molecular complexity index is 4910. The number of nitrogens with two attached hydrogens (primary N) is 2. The van der Waals surface area contributed by atoms with E-state index < -0.39 is 11.1 Å². The molecule has 16 heteroatoms. The summed E-state index contributed by atoms with van der Waals surface area (Å²) in [6.07, 6.45) is 0. The van der Waals surface area contributed by atoms with E-state index >= 15 is 0 Å². The average Bonchev–Trinajstić information content (AvgIpc) is 1.71. The summed E-state index contributed by atoms with van der Waals surface area (Å²) in [6, 6.07) is 112. The lowest BCUT2D eigenvalue weighted by Gasteiger charge is -2.34. The van der Waals surface area contributed by atoms with Gasteiger partial charge in [-0.2, -0.15) is 0 Å². The van der Waals surface area contributed by atoms with Gasteiger partial charge in [-0.05, 0) is 120 Å². The van der Waals surface area contributed by atoms with E-state index in [2.05, 4.69) is 284 Å². The fourth-order valence-corrected chi connectivity index (χ4v) is 14.6. The highest BCUT2D eigenvalue weighted by Crippen LogP contribution is 2.43. The summed E-state index contributed by atoms with van der Waals surface area (Å²) in [5.74, 6) is 2.13. The molecule has 0 bridgehead atoms. The molecule has 0 saturated carbocycles. The second-order valence-electron chi connectivity index (χ2n) is 28.7. The molecule has 0 spiro atoms. The number of halogens is 1. The van der Waals surface area contributed by atoms with E-state index in [9.17, 15) is 0 Å². The lowest BCUT2D eigenvalue weighted by molar-refractivity contribution is 0.0343. The van der Waals surface area contributed by atoms with Gasteiger partial charge in [0.1, 0.15) is 0 Å². The van der Waals surface area contributed by atoms with Gasteiger partial charge in [0.25, 0.3) is 0 Å². The Balaban J connectivity index is 0.000000151. The zero-order valence-electron chi connectivity index (χ0n) is 61.5. The molecule has 0 unspecified atom stereocenters. The summed E-state index contributed by atoms with van der Waals surface area (Å²) in [4.78, 5) is 8.23. The van der Waals surface area contributed by atoms with Crippen LogP contribution in [0.4, 0.5) is 22.7 Å². The van der Waals surface area contributed by atoms with Gasteiger partial charge in [-0.3, -0.25) is 0 Å². The van der Waals surface area contributed by atoms with Gasteiger partial charge in [-0.1, -0.05) is 349 Å². The average molecular weight is 1470 g/mol. The number of aromatic nitrogens is 8. The molecule has 107 heavy (non-hydrogen) atoms. The Labute approximate surface area is 638 Å². The molecule has 12 aromatic carbocycles. The number of benzene rings is 12. The van der Waals surface area contributed by atoms with Crippen LogP contribution in [-0.4, -0.2) is 73.8 Å². The molecule has 0 atom stereocenters. The van der Waals surface area contributed by atoms with E-state index in [0.717, 1.165) is 114 Å². The van der Waals surface area contributed by atoms with E-state index in [-0.39, 0.29) is 12.5 Å². The van der Waals surface area contributed by atoms with Crippen molar-refractivity contribution < 1.29 is 9.31 Å². The van der Waals surface area contributed by atoms with Gasteiger partial charge in [-0.25, -0.2) is 0 Å². The Morgan fingerprint density at radius 3 is 1.10 bits per heavy atom. The normalized spacial score (nSPS) is 12.7. The van der Waals surface area contributed by atoms with Gasteiger partial charge in [0, 0.05) is 60.4 Å². The molecular formula is C91H90BBrN12O2. The Hall–Kier alpha value is -11.6. The summed E-state index contributed by atoms with van der Waals surface area (Å²) < 4.78 is 12.7. The van der Waals surface area contributed by atoms with Gasteiger partial charge >= 0.3 is 7.12 Å². The van der Waals surface area contributed by atoms with Crippen molar-refractivity contribution in [2.24, 2.45) is 17.3 Å². The summed E-state index contributed by atoms with van der Waals surface area (Å²) in [6.45, 7) is 18.1. The first-order valence-corrected chi connectivity index (χ1v) is 37.4. The molecule has 14 nitrogen and oxygen atoms in total. The fourth-order valence-electron chi connectivity index (χ4n) is 14.2. The first-order valence-electron chi connectivity index (χ1n) is 36.6. The van der Waals surface area contributed by atoms with Crippen LogP contribution in [0, 0.1) is 17.3 Å². The van der Waals surface area contributed by atoms with E-state index in [1.165, 1.54) is 11.1 Å². The van der Waals surface area contributed by atoms with E-state index in [4.69, 9.17) is 41.3 Å². The number of nitrogens with zero attached hydrogens (tertiary/aromatic N) is 10. The molecule has 0 radical (unpaired) electrons. The third-order valence-corrected chi connectivity index (χ3v) is 19.7. The lowest BCUT2D eigenvalue weighted by atomic mass is 9.75. The SMILES string of the molecule is Brc1ccccc1-c1nnn(C(c2ccccc2)(c2ccccc2)c2ccccc2)n1.CC(C)CN(Cc1ccccc1)c1ccc(-c2ccccc2-c2nnn(C(c3ccccc3)(c3ccccc3)c3ccccc3)n2)cc1N.CC(C)CN(Cc1ccccc1)c1ccc(B2OCC(C)(C)CO2)cc1N. The zero-order chi connectivity index (χ0) is 74.2. The minimum Gasteiger partial charge on any atom is -0.407 e. The Morgan fingerprint density at radius 1 is 0.411 bits per heavy atom. The molecule has 1 aliphatic rings. The van der Waals surface area contributed by atoms with Crippen LogP contribution in [0.25, 0.3) is 33.9 Å². The van der Waals surface area contributed by atoms with E-state index in [0.29, 0.717) is 36.7 Å². The molecule has 15 rings (SSSR count). The largest absolute Gasteiger partial charge is 0.493 e. The Morgan fingerprint density at radius 2 is 0.738 bits per heavy atom. The van der Waals surface area contributed by atoms with Crippen molar-refractivity contribution in [3.63, 3.8) is 0 Å². The molecule has 1 fully saturated rings. The predicted molar refractivity (Wildman–Crippen MR) is 440 cm³/mol. The molecule has 1 aliphatic heterocycles. The van der Waals surface area contributed by atoms with Gasteiger partial charge in [0.15, 0.2) is 11.1 Å². The van der Waals surface area contributed by atoms with Crippen LogP contribution in [0.5, 0.6) is 0 Å². The minimum absolute atomic E-state index is 0.0612. The maximum absolute atomic E-state index is 6.84. The van der Waals surface area contributed by atoms with Crippen molar-refractivity contribution in [3.05, 3.63) is 377 Å². The van der Waals surface area contributed by atoms with Crippen LogP contribution in [0.3, 0.4) is 0 Å². The first kappa shape index (κ1) is 73.7. The molecule has 4 N–H and O–H groups in total. The highest BCUT2D eigenvalue weighted by atomic mass is 79.9. The molecule has 3 heterocycles. The van der Waals surface area contributed by atoms with Crippen LogP contribution in [0.2, 0.25) is 0 Å². The third-order valence-electron chi connectivity index (χ3n) is 19.1. The second-order valence-corrected chi connectivity index (χ2v) is 29.5. The van der Waals surface area contributed by atoms with Crippen molar-refractivity contribution in [3.8, 4) is 33.9 Å². The molecule has 0 aliphatic carbocycles. The zero-order valence-corrected chi connectivity index (χ0v) is 63.1. The highest BCUT2D eigenvalue weighted by molar-refractivity contribution is 9.10. The monoisotopic (exact) mass is 1470 g/mol. The minimum atomic E-state index is -0.853. The predicted octanol–water partition coefficient (Wildman–Crippen LogP) is 18.7. The summed E-state index contributed by atoms with van der Waals surface area (Å²) in [7, 11) is -0.331. The van der Waals surface area contributed by atoms with Crippen LogP contribution in [0.15, 0.2) is 332 Å². The summed E-state index contributed by atoms with van der Waals surface area (Å²) in [5, 5.41) is 28.6. The first-order chi connectivity index (χ1) is 52.2. The molecule has 14 aromatic rings.